The van der Waals surface area contributed by atoms with Crippen LogP contribution >= 0.6 is 11.3 Å². The second kappa shape index (κ2) is 10.1. The molecule has 4 aromatic rings. The molecule has 5 rings (SSSR count). The Morgan fingerprint density at radius 1 is 1.12 bits per heavy atom. The average Bonchev–Trinajstić information content (AvgIpc) is 3.51. The highest BCUT2D eigenvalue weighted by molar-refractivity contribution is 7.22. The molecule has 0 aliphatic carbocycles. The van der Waals surface area contributed by atoms with Crippen LogP contribution in [-0.2, 0) is 15.8 Å². The molecule has 16 heteroatoms. The summed E-state index contributed by atoms with van der Waals surface area (Å²) in [5.41, 5.74) is 2.37. The van der Waals surface area contributed by atoms with E-state index in [1.165, 1.54) is 0 Å². The van der Waals surface area contributed by atoms with Gasteiger partial charge in [0.15, 0.2) is 10.9 Å². The zero-order valence-electron chi connectivity index (χ0n) is 21.1. The molecule has 2 amide bonds. The number of pyridine rings is 1. The summed E-state index contributed by atoms with van der Waals surface area (Å²) in [7, 11) is 0. The summed E-state index contributed by atoms with van der Waals surface area (Å²) in [4.78, 5) is 32.8. The number of aliphatic hydroxyl groups is 1. The minimum atomic E-state index is -5.51. The van der Waals surface area contributed by atoms with Gasteiger partial charge in [-0.3, -0.25) is 9.59 Å². The van der Waals surface area contributed by atoms with Gasteiger partial charge in [0.2, 0.25) is 11.5 Å². The minimum Gasteiger partial charge on any atom is -0.489 e. The second-order valence-corrected chi connectivity index (χ2v) is 10.6. The number of nitrogens with zero attached hydrogens (tertiary/aromatic N) is 2. The molecule has 0 spiro atoms. The Balaban J connectivity index is 1.61. The van der Waals surface area contributed by atoms with Gasteiger partial charge < -0.3 is 26.6 Å². The van der Waals surface area contributed by atoms with Gasteiger partial charge in [-0.1, -0.05) is 11.3 Å². The number of thiazole rings is 1. The quantitative estimate of drug-likeness (QED) is 0.234. The Bertz CT molecular complexity index is 1730. The normalized spacial score (nSPS) is 17.9. The van der Waals surface area contributed by atoms with E-state index in [1.807, 2.05) is 5.32 Å². The fourth-order valence-electron chi connectivity index (χ4n) is 4.49. The topological polar surface area (TPSA) is 153 Å². The molecule has 42 heavy (non-hydrogen) atoms. The van der Waals surface area contributed by atoms with E-state index < -0.39 is 71.7 Å². The van der Waals surface area contributed by atoms with Crippen LogP contribution in [-0.4, -0.2) is 52.9 Å². The fraction of sp³-hybridized carbons (Fsp3) is 0.231. The molecule has 1 aliphatic heterocycles. The highest BCUT2D eigenvalue weighted by Gasteiger charge is 2.58. The van der Waals surface area contributed by atoms with Crippen molar-refractivity contribution in [1.29, 1.82) is 0 Å². The molecule has 0 saturated heterocycles. The Morgan fingerprint density at radius 3 is 2.43 bits per heavy atom. The molecule has 2 aromatic carbocycles. The Labute approximate surface area is 236 Å². The zero-order valence-corrected chi connectivity index (χ0v) is 21.9. The molecule has 1 unspecified atom stereocenters. The van der Waals surface area contributed by atoms with Crippen LogP contribution < -0.4 is 21.5 Å². The van der Waals surface area contributed by atoms with E-state index in [1.54, 1.807) is 0 Å². The van der Waals surface area contributed by atoms with Crippen molar-refractivity contribution in [3.8, 4) is 17.0 Å². The van der Waals surface area contributed by atoms with Gasteiger partial charge >= 0.3 is 6.18 Å². The zero-order chi connectivity index (χ0) is 30.6. The smallest absolute Gasteiger partial charge is 0.424 e. The number of anilines is 1. The number of ether oxygens (including phenoxy) is 1. The van der Waals surface area contributed by atoms with E-state index in [2.05, 4.69) is 9.97 Å². The van der Waals surface area contributed by atoms with Crippen molar-refractivity contribution in [2.24, 2.45) is 5.73 Å². The van der Waals surface area contributed by atoms with Crippen LogP contribution in [0.5, 0.6) is 5.75 Å². The lowest BCUT2D eigenvalue weighted by Gasteiger charge is -2.31. The van der Waals surface area contributed by atoms with Gasteiger partial charge in [-0.2, -0.15) is 13.2 Å². The van der Waals surface area contributed by atoms with Crippen molar-refractivity contribution in [2.75, 3.05) is 25.6 Å². The van der Waals surface area contributed by atoms with Gasteiger partial charge in [0.1, 0.15) is 41.5 Å². The monoisotopic (exact) mass is 611 g/mol. The Hall–Kier alpha value is -4.44. The van der Waals surface area contributed by atoms with Crippen molar-refractivity contribution in [2.45, 2.75) is 17.2 Å². The number of alkyl halides is 4. The summed E-state index contributed by atoms with van der Waals surface area (Å²) in [6, 6.07) is 6.78. The first-order chi connectivity index (χ1) is 19.7. The summed E-state index contributed by atoms with van der Waals surface area (Å²) in [6.07, 6.45) is -5.51. The second-order valence-electron chi connectivity index (χ2n) is 9.51. The summed E-state index contributed by atoms with van der Waals surface area (Å²) >= 11 is 0.842. The molecular weight excluding hydrogens is 592 g/mol. The maximum absolute atomic E-state index is 14.5. The van der Waals surface area contributed by atoms with Gasteiger partial charge in [-0.15, -0.1) is 0 Å². The summed E-state index contributed by atoms with van der Waals surface area (Å²) in [6.45, 7) is -3.67. The van der Waals surface area contributed by atoms with Crippen LogP contribution in [0.3, 0.4) is 0 Å². The Kier molecular flexibility index (Phi) is 7.01. The number of amides is 2. The molecule has 2 atom stereocenters. The van der Waals surface area contributed by atoms with Crippen LogP contribution in [0.2, 0.25) is 0 Å². The predicted molar refractivity (Wildman–Crippen MR) is 138 cm³/mol. The first-order valence-corrected chi connectivity index (χ1v) is 12.8. The standard InChI is InChI=1S/C26H19F6N5O4S/c27-8-24(22(33)39)10-41-20-14(24)7-17(36-18(20)11-1-3-13(28)4-2-11)25(40,26(30,31)32)9-35-21(38)12-5-15(29)19-16(6-12)42-23(34)37-19/h1-7,40H,8-10H2,(H2,33,39)(H2,34,37)(H,35,38)/t24-,25?/m1/s1. The number of halogens is 6. The number of hydrogen-bond acceptors (Lipinski definition) is 8. The van der Waals surface area contributed by atoms with E-state index in [-0.39, 0.29) is 37.9 Å². The Morgan fingerprint density at radius 2 is 1.81 bits per heavy atom. The van der Waals surface area contributed by atoms with Gasteiger partial charge in [0.05, 0.1) is 16.9 Å². The third-order valence-electron chi connectivity index (χ3n) is 6.89. The van der Waals surface area contributed by atoms with Crippen molar-refractivity contribution in [3.05, 3.63) is 70.9 Å². The van der Waals surface area contributed by atoms with Gasteiger partial charge in [0.25, 0.3) is 5.91 Å². The van der Waals surface area contributed by atoms with Gasteiger partial charge in [-0.05, 0) is 42.5 Å². The van der Waals surface area contributed by atoms with Gasteiger partial charge in [0, 0.05) is 16.7 Å². The average molecular weight is 612 g/mol. The van der Waals surface area contributed by atoms with Crippen LogP contribution in [0.25, 0.3) is 21.5 Å². The number of hydrogen-bond donors (Lipinski definition) is 4. The molecule has 0 radical (unpaired) electrons. The number of primary amides is 1. The van der Waals surface area contributed by atoms with E-state index in [0.717, 1.165) is 47.7 Å². The summed E-state index contributed by atoms with van der Waals surface area (Å²) < 4.78 is 91.5. The number of rotatable bonds is 7. The maximum atomic E-state index is 14.5. The third-order valence-corrected chi connectivity index (χ3v) is 7.73. The lowest BCUT2D eigenvalue weighted by molar-refractivity contribution is -0.265. The molecule has 2 aromatic heterocycles. The number of aromatic nitrogens is 2. The van der Waals surface area contributed by atoms with Gasteiger partial charge in [-0.25, -0.2) is 23.1 Å². The fourth-order valence-corrected chi connectivity index (χ4v) is 5.27. The van der Waals surface area contributed by atoms with Crippen LogP contribution in [0, 0.1) is 11.6 Å². The molecule has 3 heterocycles. The number of nitrogen functional groups attached to an aromatic ring is 1. The number of nitrogens with one attached hydrogen (secondary N) is 1. The SMILES string of the molecule is NC(=O)[C@]1(CF)COc2c1cc(C(O)(CNC(=O)c1cc(F)c3nc(N)sc3c1)C(F)(F)F)nc2-c1ccc(F)cc1. The predicted octanol–water partition coefficient (Wildman–Crippen LogP) is 3.48. The molecule has 6 N–H and O–H groups in total. The lowest BCUT2D eigenvalue weighted by Crippen LogP contribution is -2.52. The minimum absolute atomic E-state index is 0.00292. The van der Waals surface area contributed by atoms with E-state index in [4.69, 9.17) is 16.2 Å². The van der Waals surface area contributed by atoms with Crippen LogP contribution in [0.15, 0.2) is 42.5 Å². The van der Waals surface area contributed by atoms with Crippen molar-refractivity contribution < 1.29 is 45.8 Å². The molecule has 1 aliphatic rings. The van der Waals surface area contributed by atoms with Crippen molar-refractivity contribution >= 4 is 38.5 Å². The summed E-state index contributed by atoms with van der Waals surface area (Å²) in [5, 5.41) is 13.0. The first-order valence-electron chi connectivity index (χ1n) is 11.9. The number of carbonyl (C=O) groups excluding carboxylic acids is 2. The number of carbonyl (C=O) groups is 2. The molecule has 0 saturated carbocycles. The molecule has 0 fully saturated rings. The maximum Gasteiger partial charge on any atom is 0.424 e. The highest BCUT2D eigenvalue weighted by Crippen LogP contribution is 2.48. The largest absolute Gasteiger partial charge is 0.489 e. The number of benzene rings is 2. The third kappa shape index (κ3) is 4.65. The first kappa shape index (κ1) is 29.1. The van der Waals surface area contributed by atoms with Crippen molar-refractivity contribution in [1.82, 2.24) is 15.3 Å². The number of fused-ring (bicyclic) bond motifs is 2. The molecular formula is C26H19F6N5O4S. The molecule has 9 nitrogen and oxygen atoms in total. The number of nitrogens with two attached hydrogens (primary N) is 2. The highest BCUT2D eigenvalue weighted by atomic mass is 32.1. The lowest BCUT2D eigenvalue weighted by atomic mass is 9.81. The van der Waals surface area contributed by atoms with E-state index >= 15 is 0 Å². The van der Waals surface area contributed by atoms with Crippen molar-refractivity contribution in [3.63, 3.8) is 0 Å². The molecule has 220 valence electrons. The van der Waals surface area contributed by atoms with E-state index in [9.17, 15) is 41.0 Å². The summed E-state index contributed by atoms with van der Waals surface area (Å²) in [5.74, 6) is -4.37. The van der Waals surface area contributed by atoms with Crippen LogP contribution in [0.1, 0.15) is 21.6 Å². The van der Waals surface area contributed by atoms with E-state index in [0.29, 0.717) is 6.07 Å². The molecule has 0 bridgehead atoms. The van der Waals surface area contributed by atoms with Crippen LogP contribution in [0.4, 0.5) is 31.5 Å².